The van der Waals surface area contributed by atoms with Gasteiger partial charge in [0.05, 0.1) is 34.8 Å². The molecule has 0 aromatic heterocycles. The summed E-state index contributed by atoms with van der Waals surface area (Å²) in [5, 5.41) is 21.2. The summed E-state index contributed by atoms with van der Waals surface area (Å²) in [4.78, 5) is 28.2. The van der Waals surface area contributed by atoms with Gasteiger partial charge in [-0.15, -0.1) is 0 Å². The normalized spacial score (nSPS) is 23.5. The minimum atomic E-state index is -5.20. The van der Waals surface area contributed by atoms with Gasteiger partial charge in [0, 0.05) is 5.02 Å². The van der Waals surface area contributed by atoms with E-state index >= 15 is 0 Å². The number of imide groups is 1. The van der Waals surface area contributed by atoms with Crippen molar-refractivity contribution in [1.82, 2.24) is 0 Å². The highest BCUT2D eigenvalue weighted by molar-refractivity contribution is 6.53. The zero-order chi connectivity index (χ0) is 33.1. The number of carbonyl (C=O) groups is 2. The van der Waals surface area contributed by atoms with E-state index in [1.165, 1.54) is 18.2 Å². The van der Waals surface area contributed by atoms with Crippen LogP contribution in [0.2, 0.25) is 5.02 Å². The summed E-state index contributed by atoms with van der Waals surface area (Å²) < 4.78 is 93.8. The molecule has 2 N–H and O–H groups in total. The highest BCUT2D eigenvalue weighted by atomic mass is 35.5. The number of para-hydroxylation sites is 1. The first-order valence-electron chi connectivity index (χ1n) is 14.0. The van der Waals surface area contributed by atoms with E-state index in [4.69, 9.17) is 21.0 Å². The molecule has 7 nitrogen and oxygen atoms in total. The summed E-state index contributed by atoms with van der Waals surface area (Å²) in [6.45, 7) is -0.145. The van der Waals surface area contributed by atoms with Gasteiger partial charge in [-0.25, -0.2) is 4.90 Å². The number of phenolic OH excluding ortho intramolecular Hbond substituents is 1. The third kappa shape index (κ3) is 5.85. The number of hydrogen-bond acceptors (Lipinski definition) is 6. The predicted molar refractivity (Wildman–Crippen MR) is 153 cm³/mol. The second kappa shape index (κ2) is 11.7. The molecule has 1 aliphatic carbocycles. The second-order valence-corrected chi connectivity index (χ2v) is 11.7. The van der Waals surface area contributed by atoms with Crippen molar-refractivity contribution in [2.75, 3.05) is 11.5 Å². The van der Waals surface area contributed by atoms with Gasteiger partial charge >= 0.3 is 19.5 Å². The molecule has 46 heavy (non-hydrogen) atoms. The Kier molecular flexibility index (Phi) is 8.10. The van der Waals surface area contributed by atoms with E-state index in [0.29, 0.717) is 33.9 Å². The molecular weight excluding hydrogens is 643 g/mol. The summed E-state index contributed by atoms with van der Waals surface area (Å²) >= 11 is 6.33. The van der Waals surface area contributed by atoms with E-state index in [-0.39, 0.29) is 41.8 Å². The third-order valence-corrected chi connectivity index (χ3v) is 8.86. The van der Waals surface area contributed by atoms with Crippen LogP contribution in [0.1, 0.15) is 35.6 Å². The zero-order valence-corrected chi connectivity index (χ0v) is 24.2. The molecule has 3 aromatic rings. The monoisotopic (exact) mass is 665 g/mol. The maximum atomic E-state index is 14.0. The van der Waals surface area contributed by atoms with Crippen LogP contribution >= 0.6 is 11.6 Å². The number of nitrogens with zero attached hydrogens (tertiary/aromatic N) is 1. The van der Waals surface area contributed by atoms with Gasteiger partial charge in [0.25, 0.3) is 0 Å². The van der Waals surface area contributed by atoms with Crippen LogP contribution in [0, 0.1) is 17.8 Å². The van der Waals surface area contributed by atoms with Crippen LogP contribution in [-0.4, -0.2) is 35.7 Å². The zero-order valence-electron chi connectivity index (χ0n) is 23.5. The van der Waals surface area contributed by atoms with Crippen LogP contribution in [0.3, 0.4) is 0 Å². The summed E-state index contributed by atoms with van der Waals surface area (Å²) in [5.41, 5.74) is -3.21. The molecule has 2 amide bonds. The van der Waals surface area contributed by atoms with E-state index < -0.39 is 72.0 Å². The number of allylic oxidation sites excluding steroid dienone is 1. The summed E-state index contributed by atoms with van der Waals surface area (Å²) in [7, 11) is -1.62. The van der Waals surface area contributed by atoms with Crippen LogP contribution in [-0.2, 0) is 26.6 Å². The fraction of sp³-hybridized carbons (Fsp3) is 0.290. The minimum absolute atomic E-state index is 0.0316. The maximum absolute atomic E-state index is 14.0. The van der Waals surface area contributed by atoms with Crippen LogP contribution in [0.4, 0.5) is 32.0 Å². The van der Waals surface area contributed by atoms with E-state index in [9.17, 15) is 46.1 Å². The number of halogens is 7. The minimum Gasteiger partial charge on any atom is -0.508 e. The van der Waals surface area contributed by atoms with Crippen molar-refractivity contribution in [2.45, 2.75) is 31.3 Å². The number of benzene rings is 3. The Bertz CT molecular complexity index is 1700. The van der Waals surface area contributed by atoms with Gasteiger partial charge < -0.3 is 19.5 Å². The van der Waals surface area contributed by atoms with Crippen molar-refractivity contribution in [3.8, 4) is 11.5 Å². The molecule has 2 saturated heterocycles. The molecule has 15 heteroatoms. The molecule has 0 spiro atoms. The topological polar surface area (TPSA) is 96.3 Å². The third-order valence-electron chi connectivity index (χ3n) is 8.53. The molecule has 3 aliphatic rings. The van der Waals surface area contributed by atoms with Gasteiger partial charge in [-0.1, -0.05) is 35.9 Å². The van der Waals surface area contributed by atoms with Crippen molar-refractivity contribution in [1.29, 1.82) is 0 Å². The highest BCUT2D eigenvalue weighted by Crippen LogP contribution is 2.53. The van der Waals surface area contributed by atoms with Crippen molar-refractivity contribution in [3.63, 3.8) is 0 Å². The van der Waals surface area contributed by atoms with Gasteiger partial charge in [0.1, 0.15) is 18.1 Å². The Morgan fingerprint density at radius 1 is 0.913 bits per heavy atom. The predicted octanol–water partition coefficient (Wildman–Crippen LogP) is 6.77. The second-order valence-electron chi connectivity index (χ2n) is 11.3. The smallest absolute Gasteiger partial charge is 0.487 e. The van der Waals surface area contributed by atoms with Crippen LogP contribution < -0.4 is 9.64 Å². The molecule has 0 saturated carbocycles. The van der Waals surface area contributed by atoms with E-state index in [0.717, 1.165) is 0 Å². The first-order valence-corrected chi connectivity index (χ1v) is 14.4. The van der Waals surface area contributed by atoms with Crippen LogP contribution in [0.25, 0.3) is 0 Å². The van der Waals surface area contributed by atoms with Gasteiger partial charge in [-0.2, -0.15) is 26.3 Å². The molecule has 0 unspecified atom stereocenters. The first kappa shape index (κ1) is 32.0. The lowest BCUT2D eigenvalue weighted by molar-refractivity contribution is -0.143. The average Bonchev–Trinajstić information content (AvgIpc) is 3.24. The molecule has 2 fully saturated rings. The summed E-state index contributed by atoms with van der Waals surface area (Å²) in [6, 6.07) is 13.2. The number of rotatable bonds is 5. The standard InChI is InChI=1S/C31H23BClF6NO6/c33-24-12-19(41)6-7-21(24)25-13-22-26-23(8-15(27(22)32(44)46-25)14-45-20-4-2-1-3-5-20)28(42)40(29(26)43)18-10-16(30(34,35)36)9-17(11-18)31(37,38)39/h1-7,9-12,22-23,25-26,41,44H,8,13-14H2/t22-,23-,25-,26+/m0/s1. The lowest BCUT2D eigenvalue weighted by Crippen LogP contribution is -2.45. The number of alkyl halides is 6. The summed E-state index contributed by atoms with van der Waals surface area (Å²) in [5.74, 6) is -5.02. The molecule has 2 heterocycles. The number of ether oxygens (including phenoxy) is 1. The number of amides is 2. The summed E-state index contributed by atoms with van der Waals surface area (Å²) in [6.07, 6.45) is -11.6. The van der Waals surface area contributed by atoms with E-state index in [1.807, 2.05) is 0 Å². The SMILES string of the molecule is O=C1[C@H]2[C@H](CC(COc3ccccc3)=C3B(O)O[C@H](c4ccc(O)cc4Cl)C[C@H]32)C(=O)N1c1cc(C(F)(F)F)cc(C(F)(F)F)c1. The Hall–Kier alpha value is -4.01. The number of phenols is 1. The van der Waals surface area contributed by atoms with Gasteiger partial charge in [-0.3, -0.25) is 9.59 Å². The maximum Gasteiger partial charge on any atom is 0.487 e. The van der Waals surface area contributed by atoms with E-state index in [1.54, 1.807) is 30.3 Å². The van der Waals surface area contributed by atoms with Crippen molar-refractivity contribution < 1.29 is 55.5 Å². The molecular formula is C31H23BClF6NO6. The Morgan fingerprint density at radius 3 is 2.17 bits per heavy atom. The molecule has 0 radical (unpaired) electrons. The van der Waals surface area contributed by atoms with Gasteiger partial charge in [0.15, 0.2) is 0 Å². The fourth-order valence-electron chi connectivity index (χ4n) is 6.53. The van der Waals surface area contributed by atoms with Crippen molar-refractivity contribution >= 4 is 36.2 Å². The van der Waals surface area contributed by atoms with Crippen LogP contribution in [0.15, 0.2) is 77.8 Å². The van der Waals surface area contributed by atoms with E-state index in [2.05, 4.69) is 0 Å². The number of hydrogen-bond donors (Lipinski definition) is 2. The Morgan fingerprint density at radius 2 is 1.57 bits per heavy atom. The van der Waals surface area contributed by atoms with Crippen molar-refractivity contribution in [2.24, 2.45) is 17.8 Å². The molecule has 0 bridgehead atoms. The average molecular weight is 666 g/mol. The molecule has 4 atom stereocenters. The van der Waals surface area contributed by atoms with Crippen LogP contribution in [0.5, 0.6) is 11.5 Å². The largest absolute Gasteiger partial charge is 0.508 e. The number of carbonyl (C=O) groups excluding carboxylic acids is 2. The molecule has 2 aliphatic heterocycles. The molecule has 6 rings (SSSR count). The van der Waals surface area contributed by atoms with Gasteiger partial charge in [0.2, 0.25) is 11.8 Å². The molecule has 3 aromatic carbocycles. The lowest BCUT2D eigenvalue weighted by atomic mass is 9.55. The first-order chi connectivity index (χ1) is 21.6. The Balaban J connectivity index is 1.42. The quantitative estimate of drug-likeness (QED) is 0.178. The lowest BCUT2D eigenvalue weighted by Gasteiger charge is -2.42. The van der Waals surface area contributed by atoms with Gasteiger partial charge in [-0.05, 0) is 77.8 Å². The highest BCUT2D eigenvalue weighted by Gasteiger charge is 2.58. The number of aromatic hydroxyl groups is 1. The molecule has 240 valence electrons. The fourth-order valence-corrected chi connectivity index (χ4v) is 6.83. The van der Waals surface area contributed by atoms with Crippen molar-refractivity contribution in [3.05, 3.63) is 99.5 Å². The number of fused-ring (bicyclic) bond motifs is 3. The Labute approximate surface area is 263 Å². The number of anilines is 1.